The van der Waals surface area contributed by atoms with Crippen molar-refractivity contribution in [3.8, 4) is 0 Å². The first kappa shape index (κ1) is 21.6. The molecule has 0 fully saturated rings. The third-order valence-corrected chi connectivity index (χ3v) is 5.59. The van der Waals surface area contributed by atoms with Crippen LogP contribution in [-0.2, 0) is 9.53 Å². The van der Waals surface area contributed by atoms with Crippen LogP contribution in [0, 0.1) is 0 Å². The molecule has 0 bridgehead atoms. The molecule has 1 aliphatic heterocycles. The lowest BCUT2D eigenvalue weighted by Crippen LogP contribution is -2.45. The van der Waals surface area contributed by atoms with Gasteiger partial charge in [-0.15, -0.1) is 0 Å². The Kier molecular flexibility index (Phi) is 8.44. The number of esters is 1. The molecule has 0 aliphatic carbocycles. The molecule has 0 radical (unpaired) electrons. The summed E-state index contributed by atoms with van der Waals surface area (Å²) >= 11 is 7.06. The third kappa shape index (κ3) is 5.62. The summed E-state index contributed by atoms with van der Waals surface area (Å²) in [6.07, 6.45) is 0. The summed E-state index contributed by atoms with van der Waals surface area (Å²) in [6, 6.07) is 7.96. The molecule has 2 rings (SSSR count). The number of anilines is 1. The SMILES string of the molecule is CCSCCOC(=O)C1=C(C)NC(=S)N[C@@H]1c1ccc(N(CC)CC)cc1. The lowest BCUT2D eigenvalue weighted by molar-refractivity contribution is -0.138. The monoisotopic (exact) mass is 407 g/mol. The van der Waals surface area contributed by atoms with Gasteiger partial charge < -0.3 is 20.3 Å². The molecule has 0 unspecified atom stereocenters. The van der Waals surface area contributed by atoms with Crippen LogP contribution in [0.2, 0.25) is 0 Å². The van der Waals surface area contributed by atoms with Crippen molar-refractivity contribution in [1.29, 1.82) is 0 Å². The Morgan fingerprint density at radius 1 is 1.22 bits per heavy atom. The number of thiocarbonyl (C=S) groups is 1. The first-order chi connectivity index (χ1) is 13.0. The number of carbonyl (C=O) groups excluding carboxylic acids is 1. The number of ether oxygens (including phenoxy) is 1. The molecular formula is C20H29N3O2S2. The Morgan fingerprint density at radius 2 is 1.89 bits per heavy atom. The van der Waals surface area contributed by atoms with Crippen LogP contribution >= 0.6 is 24.0 Å². The van der Waals surface area contributed by atoms with Gasteiger partial charge >= 0.3 is 5.97 Å². The van der Waals surface area contributed by atoms with E-state index in [1.54, 1.807) is 11.8 Å². The van der Waals surface area contributed by atoms with Crippen molar-refractivity contribution in [2.75, 3.05) is 36.1 Å². The highest BCUT2D eigenvalue weighted by Crippen LogP contribution is 2.29. The highest BCUT2D eigenvalue weighted by atomic mass is 32.2. The summed E-state index contributed by atoms with van der Waals surface area (Å²) in [5.41, 5.74) is 3.48. The maximum Gasteiger partial charge on any atom is 0.338 e. The number of carbonyl (C=O) groups is 1. The van der Waals surface area contributed by atoms with Crippen LogP contribution in [0.5, 0.6) is 0 Å². The number of thioether (sulfide) groups is 1. The molecule has 7 heteroatoms. The first-order valence-corrected chi connectivity index (χ1v) is 11.0. The molecule has 0 aromatic heterocycles. The molecule has 1 aromatic carbocycles. The summed E-state index contributed by atoms with van der Waals surface area (Å²) in [7, 11) is 0. The van der Waals surface area contributed by atoms with Gasteiger partial charge in [-0.2, -0.15) is 11.8 Å². The van der Waals surface area contributed by atoms with Crippen LogP contribution in [-0.4, -0.2) is 42.3 Å². The molecule has 1 aliphatic rings. The Hall–Kier alpha value is -1.73. The number of nitrogens with zero attached hydrogens (tertiary/aromatic N) is 1. The molecule has 1 heterocycles. The minimum atomic E-state index is -0.309. The molecule has 1 atom stereocenters. The van der Waals surface area contributed by atoms with Crippen LogP contribution < -0.4 is 15.5 Å². The summed E-state index contributed by atoms with van der Waals surface area (Å²) in [4.78, 5) is 15.0. The zero-order chi connectivity index (χ0) is 19.8. The topological polar surface area (TPSA) is 53.6 Å². The fourth-order valence-electron chi connectivity index (χ4n) is 3.10. The van der Waals surface area contributed by atoms with Crippen molar-refractivity contribution in [2.24, 2.45) is 0 Å². The Bertz CT molecular complexity index is 685. The van der Waals surface area contributed by atoms with Gasteiger partial charge in [-0.25, -0.2) is 4.79 Å². The van der Waals surface area contributed by atoms with Gasteiger partial charge in [0.25, 0.3) is 0 Å². The van der Waals surface area contributed by atoms with Gasteiger partial charge in [0.05, 0.1) is 11.6 Å². The molecule has 2 N–H and O–H groups in total. The molecule has 0 saturated heterocycles. The largest absolute Gasteiger partial charge is 0.461 e. The standard InChI is InChI=1S/C20H29N3O2S2/c1-5-23(6-2)16-10-8-15(9-11-16)18-17(14(4)21-20(26)22-18)19(24)25-12-13-27-7-3/h8-11,18H,5-7,12-13H2,1-4H3,(H2,21,22,26)/t18-/m1/s1. The van der Waals surface area contributed by atoms with Crippen molar-refractivity contribution < 1.29 is 9.53 Å². The van der Waals surface area contributed by atoms with E-state index in [-0.39, 0.29) is 12.0 Å². The fraction of sp³-hybridized carbons (Fsp3) is 0.500. The quantitative estimate of drug-likeness (QED) is 0.368. The Morgan fingerprint density at radius 3 is 2.48 bits per heavy atom. The summed E-state index contributed by atoms with van der Waals surface area (Å²) in [5, 5.41) is 6.78. The van der Waals surface area contributed by atoms with Gasteiger partial charge in [-0.1, -0.05) is 19.1 Å². The second-order valence-corrected chi connectivity index (χ2v) is 7.97. The van der Waals surface area contributed by atoms with E-state index in [2.05, 4.69) is 48.4 Å². The Balaban J connectivity index is 2.22. The minimum absolute atomic E-state index is 0.301. The van der Waals surface area contributed by atoms with E-state index in [0.717, 1.165) is 35.9 Å². The van der Waals surface area contributed by atoms with Gasteiger partial charge in [-0.05, 0) is 56.4 Å². The van der Waals surface area contributed by atoms with Gasteiger partial charge in [-0.3, -0.25) is 0 Å². The van der Waals surface area contributed by atoms with E-state index in [1.165, 1.54) is 5.69 Å². The normalized spacial score (nSPS) is 16.6. The minimum Gasteiger partial charge on any atom is -0.461 e. The van der Waals surface area contributed by atoms with Crippen molar-refractivity contribution >= 4 is 40.7 Å². The number of hydrogen-bond donors (Lipinski definition) is 2. The van der Waals surface area contributed by atoms with E-state index < -0.39 is 0 Å². The van der Waals surface area contributed by atoms with Crippen molar-refractivity contribution in [1.82, 2.24) is 10.6 Å². The molecule has 27 heavy (non-hydrogen) atoms. The third-order valence-electron chi connectivity index (χ3n) is 4.51. The van der Waals surface area contributed by atoms with E-state index in [0.29, 0.717) is 17.3 Å². The smallest absolute Gasteiger partial charge is 0.338 e. The highest BCUT2D eigenvalue weighted by Gasteiger charge is 2.30. The van der Waals surface area contributed by atoms with Crippen LogP contribution in [0.3, 0.4) is 0 Å². The van der Waals surface area contributed by atoms with Gasteiger partial charge in [0.1, 0.15) is 6.61 Å². The van der Waals surface area contributed by atoms with Crippen molar-refractivity contribution in [3.05, 3.63) is 41.1 Å². The summed E-state index contributed by atoms with van der Waals surface area (Å²) in [5.74, 6) is 1.51. The van der Waals surface area contributed by atoms with Gasteiger partial charge in [0.15, 0.2) is 5.11 Å². The lowest BCUT2D eigenvalue weighted by atomic mass is 9.95. The van der Waals surface area contributed by atoms with Crippen LogP contribution in [0.15, 0.2) is 35.5 Å². The maximum absolute atomic E-state index is 12.7. The lowest BCUT2D eigenvalue weighted by Gasteiger charge is -2.30. The molecule has 148 valence electrons. The molecule has 0 saturated carbocycles. The zero-order valence-corrected chi connectivity index (χ0v) is 18.1. The van der Waals surface area contributed by atoms with Crippen molar-refractivity contribution in [3.63, 3.8) is 0 Å². The molecule has 0 amide bonds. The molecule has 5 nitrogen and oxygen atoms in total. The second kappa shape index (κ2) is 10.6. The number of rotatable bonds is 9. The molecular weight excluding hydrogens is 378 g/mol. The first-order valence-electron chi connectivity index (χ1n) is 9.39. The predicted molar refractivity (Wildman–Crippen MR) is 118 cm³/mol. The summed E-state index contributed by atoms with van der Waals surface area (Å²) in [6.45, 7) is 10.6. The number of allylic oxidation sites excluding steroid dienone is 1. The number of hydrogen-bond acceptors (Lipinski definition) is 5. The Labute approximate surface area is 171 Å². The number of benzene rings is 1. The molecule has 1 aromatic rings. The van der Waals surface area contributed by atoms with Crippen LogP contribution in [0.25, 0.3) is 0 Å². The zero-order valence-electron chi connectivity index (χ0n) is 16.5. The van der Waals surface area contributed by atoms with Crippen LogP contribution in [0.4, 0.5) is 5.69 Å². The van der Waals surface area contributed by atoms with E-state index in [9.17, 15) is 4.79 Å². The van der Waals surface area contributed by atoms with E-state index >= 15 is 0 Å². The maximum atomic E-state index is 12.7. The van der Waals surface area contributed by atoms with Gasteiger partial charge in [0, 0.05) is 30.2 Å². The second-order valence-electron chi connectivity index (χ2n) is 6.17. The molecule has 0 spiro atoms. The average molecular weight is 408 g/mol. The van der Waals surface area contributed by atoms with E-state index in [4.69, 9.17) is 17.0 Å². The van der Waals surface area contributed by atoms with Gasteiger partial charge in [0.2, 0.25) is 0 Å². The van der Waals surface area contributed by atoms with E-state index in [1.807, 2.05) is 19.1 Å². The van der Waals surface area contributed by atoms with Crippen molar-refractivity contribution in [2.45, 2.75) is 33.7 Å². The highest BCUT2D eigenvalue weighted by molar-refractivity contribution is 7.99. The number of nitrogens with one attached hydrogen (secondary N) is 2. The summed E-state index contributed by atoms with van der Waals surface area (Å²) < 4.78 is 5.49. The predicted octanol–water partition coefficient (Wildman–Crippen LogP) is 3.62. The van der Waals surface area contributed by atoms with Crippen LogP contribution in [0.1, 0.15) is 39.3 Å². The average Bonchev–Trinajstić information content (AvgIpc) is 2.66. The fourth-order valence-corrected chi connectivity index (χ4v) is 3.86.